The molecular weight excluding hydrogens is 284 g/mol. The molecular formula is C10H16N6O3S. The largest absolute Gasteiger partial charge is 0.394 e. The monoisotopic (exact) mass is 300 g/mol. The summed E-state index contributed by atoms with van der Waals surface area (Å²) in [6, 6.07) is -0.520. The van der Waals surface area contributed by atoms with E-state index in [1.807, 2.05) is 0 Å². The van der Waals surface area contributed by atoms with Crippen LogP contribution in [0, 0.1) is 0 Å². The quantitative estimate of drug-likeness (QED) is 0.710. The molecule has 0 bridgehead atoms. The molecule has 10 heteroatoms. The SMILES string of the molecule is CC(NS(=O)(=O)c1cnn(CCO)c1)c1nncn1C. The Balaban J connectivity index is 2.16. The predicted octanol–water partition coefficient (Wildman–Crippen LogP) is -0.957. The van der Waals surface area contributed by atoms with Crippen LogP contribution in [-0.4, -0.2) is 44.7 Å². The summed E-state index contributed by atoms with van der Waals surface area (Å²) in [5.74, 6) is 0.510. The van der Waals surface area contributed by atoms with Crippen LogP contribution in [-0.2, 0) is 23.6 Å². The van der Waals surface area contributed by atoms with E-state index in [1.165, 1.54) is 23.4 Å². The average molecular weight is 300 g/mol. The molecule has 2 aromatic heterocycles. The molecule has 0 amide bonds. The van der Waals surface area contributed by atoms with Gasteiger partial charge in [-0.15, -0.1) is 10.2 Å². The van der Waals surface area contributed by atoms with E-state index >= 15 is 0 Å². The molecule has 2 rings (SSSR count). The van der Waals surface area contributed by atoms with Crippen molar-refractivity contribution in [2.75, 3.05) is 6.61 Å². The Morgan fingerprint density at radius 2 is 2.25 bits per heavy atom. The second-order valence-corrected chi connectivity index (χ2v) is 6.02. The number of nitrogens with one attached hydrogen (secondary N) is 1. The molecule has 0 fully saturated rings. The van der Waals surface area contributed by atoms with Crippen LogP contribution in [0.25, 0.3) is 0 Å². The topological polar surface area (TPSA) is 115 Å². The molecule has 1 unspecified atom stereocenters. The van der Waals surface area contributed by atoms with Crippen molar-refractivity contribution < 1.29 is 13.5 Å². The highest BCUT2D eigenvalue weighted by atomic mass is 32.2. The summed E-state index contributed by atoms with van der Waals surface area (Å²) < 4.78 is 29.9. The molecule has 0 aliphatic heterocycles. The molecule has 0 spiro atoms. The van der Waals surface area contributed by atoms with E-state index in [2.05, 4.69) is 20.0 Å². The fourth-order valence-corrected chi connectivity index (χ4v) is 2.90. The third-order valence-electron chi connectivity index (χ3n) is 2.71. The molecule has 0 aromatic carbocycles. The molecule has 9 nitrogen and oxygen atoms in total. The molecule has 2 N–H and O–H groups in total. The van der Waals surface area contributed by atoms with Crippen LogP contribution in [0.2, 0.25) is 0 Å². The third-order valence-corrected chi connectivity index (χ3v) is 4.21. The number of aliphatic hydroxyl groups is 1. The molecule has 0 saturated carbocycles. The van der Waals surface area contributed by atoms with E-state index in [-0.39, 0.29) is 18.0 Å². The van der Waals surface area contributed by atoms with Crippen LogP contribution in [0.3, 0.4) is 0 Å². The Morgan fingerprint density at radius 3 is 2.85 bits per heavy atom. The minimum Gasteiger partial charge on any atom is -0.394 e. The summed E-state index contributed by atoms with van der Waals surface area (Å²) >= 11 is 0. The van der Waals surface area contributed by atoms with Gasteiger partial charge in [0.1, 0.15) is 17.0 Å². The molecule has 0 aliphatic carbocycles. The van der Waals surface area contributed by atoms with Crippen molar-refractivity contribution in [2.24, 2.45) is 7.05 Å². The van der Waals surface area contributed by atoms with Crippen molar-refractivity contribution in [2.45, 2.75) is 24.4 Å². The standard InChI is InChI=1S/C10H16N6O3S/c1-8(10-13-11-7-15(10)2)14-20(18,19)9-5-12-16(6-9)3-4-17/h5-8,14,17H,3-4H2,1-2H3. The fraction of sp³-hybridized carbons (Fsp3) is 0.500. The first-order valence-corrected chi connectivity index (χ1v) is 7.42. The zero-order valence-electron chi connectivity index (χ0n) is 11.1. The van der Waals surface area contributed by atoms with Gasteiger partial charge in [-0.25, -0.2) is 13.1 Å². The van der Waals surface area contributed by atoms with Crippen molar-refractivity contribution in [3.63, 3.8) is 0 Å². The fourth-order valence-electron chi connectivity index (χ4n) is 1.75. The second kappa shape index (κ2) is 5.69. The highest BCUT2D eigenvalue weighted by molar-refractivity contribution is 7.89. The lowest BCUT2D eigenvalue weighted by Gasteiger charge is -2.12. The van der Waals surface area contributed by atoms with Gasteiger partial charge in [-0.3, -0.25) is 4.68 Å². The van der Waals surface area contributed by atoms with Crippen LogP contribution in [0.5, 0.6) is 0 Å². The maximum absolute atomic E-state index is 12.2. The van der Waals surface area contributed by atoms with Gasteiger partial charge in [-0.05, 0) is 6.92 Å². The zero-order valence-corrected chi connectivity index (χ0v) is 11.9. The Bertz CT molecular complexity index is 677. The molecule has 2 aromatic rings. The first-order valence-electron chi connectivity index (χ1n) is 5.93. The lowest BCUT2D eigenvalue weighted by Crippen LogP contribution is -2.28. The van der Waals surface area contributed by atoms with Gasteiger partial charge in [0.15, 0.2) is 0 Å². The van der Waals surface area contributed by atoms with Gasteiger partial charge in [0.25, 0.3) is 0 Å². The van der Waals surface area contributed by atoms with Crippen LogP contribution in [0.15, 0.2) is 23.6 Å². The molecule has 2 heterocycles. The number of aryl methyl sites for hydroxylation is 1. The molecule has 0 radical (unpaired) electrons. The van der Waals surface area contributed by atoms with E-state index in [9.17, 15) is 8.42 Å². The molecule has 0 saturated heterocycles. The van der Waals surface area contributed by atoms with E-state index in [4.69, 9.17) is 5.11 Å². The first kappa shape index (κ1) is 14.6. The van der Waals surface area contributed by atoms with Gasteiger partial charge >= 0.3 is 0 Å². The smallest absolute Gasteiger partial charge is 0.244 e. The molecule has 20 heavy (non-hydrogen) atoms. The van der Waals surface area contributed by atoms with Gasteiger partial charge in [-0.2, -0.15) is 5.10 Å². The minimum atomic E-state index is -3.70. The normalized spacial score (nSPS) is 13.6. The highest BCUT2D eigenvalue weighted by Crippen LogP contribution is 2.14. The second-order valence-electron chi connectivity index (χ2n) is 4.31. The highest BCUT2D eigenvalue weighted by Gasteiger charge is 2.22. The van der Waals surface area contributed by atoms with Gasteiger partial charge in [0.05, 0.1) is 25.4 Å². The summed E-state index contributed by atoms with van der Waals surface area (Å²) in [7, 11) is -1.96. The van der Waals surface area contributed by atoms with Crippen LogP contribution in [0.4, 0.5) is 0 Å². The van der Waals surface area contributed by atoms with Crippen LogP contribution >= 0.6 is 0 Å². The van der Waals surface area contributed by atoms with Crippen LogP contribution in [0.1, 0.15) is 18.8 Å². The van der Waals surface area contributed by atoms with Gasteiger partial charge < -0.3 is 9.67 Å². The third kappa shape index (κ3) is 3.03. The summed E-state index contributed by atoms with van der Waals surface area (Å²) in [6.45, 7) is 1.82. The number of sulfonamides is 1. The summed E-state index contributed by atoms with van der Waals surface area (Å²) in [5.41, 5.74) is 0. The lowest BCUT2D eigenvalue weighted by molar-refractivity contribution is 0.269. The zero-order chi connectivity index (χ0) is 14.8. The maximum Gasteiger partial charge on any atom is 0.244 e. The molecule has 0 aliphatic rings. The van der Waals surface area contributed by atoms with Gasteiger partial charge in [0.2, 0.25) is 10.0 Å². The molecule has 110 valence electrons. The maximum atomic E-state index is 12.2. The Kier molecular flexibility index (Phi) is 4.16. The van der Waals surface area contributed by atoms with E-state index in [0.717, 1.165) is 0 Å². The van der Waals surface area contributed by atoms with Crippen molar-refractivity contribution >= 4 is 10.0 Å². The average Bonchev–Trinajstić information content (AvgIpc) is 2.98. The molecule has 1 atom stereocenters. The number of nitrogens with zero attached hydrogens (tertiary/aromatic N) is 5. The Morgan fingerprint density at radius 1 is 1.50 bits per heavy atom. The van der Waals surface area contributed by atoms with Crippen molar-refractivity contribution in [1.82, 2.24) is 29.3 Å². The summed E-state index contributed by atoms with van der Waals surface area (Å²) in [4.78, 5) is 0.0416. The minimum absolute atomic E-state index is 0.0416. The van der Waals surface area contributed by atoms with Crippen molar-refractivity contribution in [3.05, 3.63) is 24.5 Å². The van der Waals surface area contributed by atoms with Crippen molar-refractivity contribution in [3.8, 4) is 0 Å². The predicted molar refractivity (Wildman–Crippen MR) is 69.1 cm³/mol. The number of hydrogen-bond acceptors (Lipinski definition) is 6. The van der Waals surface area contributed by atoms with Crippen LogP contribution < -0.4 is 4.72 Å². The summed E-state index contributed by atoms with van der Waals surface area (Å²) in [5, 5.41) is 20.2. The van der Waals surface area contributed by atoms with E-state index in [1.54, 1.807) is 18.5 Å². The number of aliphatic hydroxyl groups excluding tert-OH is 1. The van der Waals surface area contributed by atoms with Gasteiger partial charge in [-0.1, -0.05) is 0 Å². The number of aromatic nitrogens is 5. The Labute approximate surface area is 116 Å². The number of rotatable bonds is 6. The Hall–Kier alpha value is -1.78. The first-order chi connectivity index (χ1) is 9.44. The van der Waals surface area contributed by atoms with E-state index in [0.29, 0.717) is 5.82 Å². The summed E-state index contributed by atoms with van der Waals surface area (Å²) in [6.07, 6.45) is 4.10. The lowest BCUT2D eigenvalue weighted by atomic mass is 10.3. The van der Waals surface area contributed by atoms with Crippen molar-refractivity contribution in [1.29, 1.82) is 0 Å². The van der Waals surface area contributed by atoms with Gasteiger partial charge in [0, 0.05) is 13.2 Å². The van der Waals surface area contributed by atoms with E-state index < -0.39 is 16.1 Å². The number of hydrogen-bond donors (Lipinski definition) is 2.